The van der Waals surface area contributed by atoms with E-state index in [1.54, 1.807) is 0 Å². The Morgan fingerprint density at radius 2 is 1.75 bits per heavy atom. The van der Waals surface area contributed by atoms with E-state index in [-0.39, 0.29) is 27.3 Å². The van der Waals surface area contributed by atoms with Crippen LogP contribution in [-0.4, -0.2) is 33.8 Å². The zero-order valence-corrected chi connectivity index (χ0v) is 8.74. The maximum Gasteiger partial charge on any atom is 1.00 e. The monoisotopic (exact) mass is 332 g/mol. The molecule has 0 radical (unpaired) electrons. The Bertz CT molecular complexity index is 67.3. The van der Waals surface area contributed by atoms with E-state index >= 15 is 0 Å². The van der Waals surface area contributed by atoms with Crippen LogP contribution in [0.25, 0.3) is 0 Å². The molecule has 0 aromatic heterocycles. The molecule has 0 heterocycles. The average molecular weight is 332 g/mol. The van der Waals surface area contributed by atoms with Crippen molar-refractivity contribution in [3.05, 3.63) is 0 Å². The second-order valence-electron chi connectivity index (χ2n) is 0.538. The van der Waals surface area contributed by atoms with E-state index in [1.807, 2.05) is 0 Å². The Labute approximate surface area is 67.1 Å². The van der Waals surface area contributed by atoms with E-state index < -0.39 is 10.2 Å². The summed E-state index contributed by atoms with van der Waals surface area (Å²) >= 11 is 0. The maximum atomic E-state index is 9.16. The summed E-state index contributed by atoms with van der Waals surface area (Å²) in [4.78, 5) is 8.89. The minimum atomic E-state index is -4.61. The predicted molar refractivity (Wildman–Crippen MR) is 12.5 cm³/mol. The summed E-state index contributed by atoms with van der Waals surface area (Å²) in [5.74, 6) is 0. The number of halogens is 1. The maximum absolute atomic E-state index is 9.16. The Kier molecular flexibility index (Phi) is 6.31. The van der Waals surface area contributed by atoms with Gasteiger partial charge in [0.2, 0.25) is 0 Å². The first kappa shape index (κ1) is 11.4. The van der Waals surface area contributed by atoms with Gasteiger partial charge >= 0.3 is 27.3 Å². The summed E-state index contributed by atoms with van der Waals surface area (Å²) in [7, 11) is -4.61. The fraction of sp³-hybridized carbons (Fsp3) is 0. The largest absolute Gasteiger partial charge is 1.00 e. The summed E-state index contributed by atoms with van der Waals surface area (Å²) in [5, 5.41) is 0. The van der Waals surface area contributed by atoms with E-state index in [0.29, 0.717) is 6.47 Å². The molecule has 0 aromatic carbocycles. The van der Waals surface area contributed by atoms with Crippen LogP contribution in [0.2, 0.25) is 0 Å². The molecule has 5 nitrogen and oxygen atoms in total. The van der Waals surface area contributed by atoms with Gasteiger partial charge in [0.05, 0.1) is 10.2 Å². The second kappa shape index (κ2) is 4.44. The Hall–Kier alpha value is 0.562. The predicted octanol–water partition coefficient (Wildman–Crippen LogP) is -4.41. The van der Waals surface area contributed by atoms with Crippen molar-refractivity contribution in [3.63, 3.8) is 0 Å². The van der Waals surface area contributed by atoms with Crippen LogP contribution >= 0.6 is 0 Å². The third-order valence-electron chi connectivity index (χ3n) is 0.126. The molecule has 0 amide bonds. The van der Waals surface area contributed by atoms with Crippen LogP contribution in [0.15, 0.2) is 0 Å². The SMILES string of the molecule is O=[C-]O[Cl+3]([O-])([O-])[O-].[Tl+]. The van der Waals surface area contributed by atoms with Crippen LogP contribution < -0.4 is 14.0 Å². The minimum Gasteiger partial charge on any atom is -0.482 e. The van der Waals surface area contributed by atoms with E-state index in [2.05, 4.69) is 4.29 Å². The van der Waals surface area contributed by atoms with Gasteiger partial charge in [0.15, 0.2) is 0 Å². The Morgan fingerprint density at radius 1 is 1.38 bits per heavy atom. The van der Waals surface area contributed by atoms with Gasteiger partial charge in [-0.1, -0.05) is 0 Å². The minimum absolute atomic E-state index is 0. The zero-order valence-electron chi connectivity index (χ0n) is 3.50. The summed E-state index contributed by atoms with van der Waals surface area (Å²) in [6, 6.07) is 0. The summed E-state index contributed by atoms with van der Waals surface area (Å²) in [5.41, 5.74) is 0. The van der Waals surface area contributed by atoms with Crippen LogP contribution in [-0.2, 0) is 9.08 Å². The molecule has 0 atom stereocenters. The van der Waals surface area contributed by atoms with Gasteiger partial charge in [-0.3, -0.25) is 0 Å². The van der Waals surface area contributed by atoms with Crippen LogP contribution in [0.3, 0.4) is 0 Å². The van der Waals surface area contributed by atoms with E-state index in [0.717, 1.165) is 0 Å². The quantitative estimate of drug-likeness (QED) is 0.376. The first-order valence-electron chi connectivity index (χ1n) is 1.03. The molecular formula is CClO5Tl. The van der Waals surface area contributed by atoms with Crippen molar-refractivity contribution in [2.45, 2.75) is 0 Å². The van der Waals surface area contributed by atoms with E-state index in [1.165, 1.54) is 0 Å². The standard InChI is InChI=1S/CClO5.Tl/c3-1-7-2(4,5)6;/q-1;+1. The first-order chi connectivity index (χ1) is 3.06. The van der Waals surface area contributed by atoms with Crippen molar-refractivity contribution >= 4 is 33.8 Å². The number of hydrogen-bond donors (Lipinski definition) is 0. The fourth-order valence-electron chi connectivity index (χ4n) is 0.0386. The van der Waals surface area contributed by atoms with Crippen LogP contribution in [0.4, 0.5) is 0 Å². The molecule has 0 spiro atoms. The molecule has 0 saturated heterocycles. The average Bonchev–Trinajstić information content (AvgIpc) is 1.30. The van der Waals surface area contributed by atoms with Crippen LogP contribution in [0, 0.1) is 10.2 Å². The third-order valence-corrected chi connectivity index (χ3v) is 0.378. The van der Waals surface area contributed by atoms with Crippen LogP contribution in [0.1, 0.15) is 0 Å². The van der Waals surface area contributed by atoms with Crippen molar-refractivity contribution in [2.75, 3.05) is 0 Å². The van der Waals surface area contributed by atoms with E-state index in [9.17, 15) is 0 Å². The molecule has 0 rings (SSSR count). The molecule has 0 aromatic rings. The van der Waals surface area contributed by atoms with Gasteiger partial charge in [-0.25, -0.2) is 4.29 Å². The molecule has 0 saturated carbocycles. The molecule has 0 N–H and O–H groups in total. The van der Waals surface area contributed by atoms with Gasteiger partial charge < -0.3 is 4.79 Å². The smallest absolute Gasteiger partial charge is 0.482 e. The summed E-state index contributed by atoms with van der Waals surface area (Å²) < 4.78 is 30.3. The van der Waals surface area contributed by atoms with Crippen LogP contribution in [0.5, 0.6) is 0 Å². The van der Waals surface area contributed by atoms with Gasteiger partial charge in [-0.05, 0) is 0 Å². The number of rotatable bonds is 2. The number of hydrogen-bond acceptors (Lipinski definition) is 5. The third kappa shape index (κ3) is 9.75. The normalized spacial score (nSPS) is 9.38. The zero-order chi connectivity index (χ0) is 5.91. The van der Waals surface area contributed by atoms with Crippen molar-refractivity contribution in [2.24, 2.45) is 0 Å². The Morgan fingerprint density at radius 3 is 1.75 bits per heavy atom. The topological polar surface area (TPSA) is 95.5 Å². The molecule has 44 valence electrons. The van der Waals surface area contributed by atoms with Gasteiger partial charge in [-0.15, -0.1) is 0 Å². The molecule has 0 aliphatic carbocycles. The number of carbonyl (C=O) groups excluding carboxylic acids is 1. The molecule has 0 fully saturated rings. The molecule has 8 heavy (non-hydrogen) atoms. The molecule has 0 aliphatic rings. The van der Waals surface area contributed by atoms with Crippen molar-refractivity contribution in [1.82, 2.24) is 0 Å². The molecular weight excluding hydrogens is 332 g/mol. The molecule has 0 unspecified atom stereocenters. The molecule has 0 aliphatic heterocycles. The Balaban J connectivity index is 0. The van der Waals surface area contributed by atoms with Gasteiger partial charge in [0.25, 0.3) is 0 Å². The van der Waals surface area contributed by atoms with Crippen molar-refractivity contribution in [1.29, 1.82) is 0 Å². The van der Waals surface area contributed by atoms with E-state index in [4.69, 9.17) is 18.8 Å². The summed E-state index contributed by atoms with van der Waals surface area (Å²) in [6.45, 7) is 0.445. The van der Waals surface area contributed by atoms with Gasteiger partial charge in [0, 0.05) is 0 Å². The first-order valence-corrected chi connectivity index (χ1v) is 2.26. The van der Waals surface area contributed by atoms with Gasteiger partial charge in [-0.2, -0.15) is 14.0 Å². The fourth-order valence-corrected chi connectivity index (χ4v) is 0.116. The molecule has 0 bridgehead atoms. The summed E-state index contributed by atoms with van der Waals surface area (Å²) in [6.07, 6.45) is 0. The second-order valence-corrected chi connectivity index (χ2v) is 1.45. The van der Waals surface area contributed by atoms with Crippen molar-refractivity contribution in [3.8, 4) is 0 Å². The van der Waals surface area contributed by atoms with Gasteiger partial charge in [0.1, 0.15) is 6.47 Å². The van der Waals surface area contributed by atoms with Crippen molar-refractivity contribution < 1.29 is 33.3 Å². The molecule has 7 heteroatoms.